The van der Waals surface area contributed by atoms with Gasteiger partial charge in [-0.1, -0.05) is 13.8 Å². The van der Waals surface area contributed by atoms with Crippen molar-refractivity contribution in [2.75, 3.05) is 31.6 Å². The van der Waals surface area contributed by atoms with E-state index in [1.165, 1.54) is 12.8 Å². The quantitative estimate of drug-likeness (QED) is 0.937. The third-order valence-corrected chi connectivity index (χ3v) is 4.27. The summed E-state index contributed by atoms with van der Waals surface area (Å²) in [6.07, 6.45) is 6.35. The van der Waals surface area contributed by atoms with Crippen LogP contribution < -0.4 is 10.2 Å². The molecule has 0 aliphatic carbocycles. The van der Waals surface area contributed by atoms with Crippen molar-refractivity contribution < 1.29 is 0 Å². The highest BCUT2D eigenvalue weighted by Gasteiger charge is 2.18. The van der Waals surface area contributed by atoms with Crippen LogP contribution in [0.5, 0.6) is 0 Å². The van der Waals surface area contributed by atoms with Crippen molar-refractivity contribution in [3.63, 3.8) is 0 Å². The van der Waals surface area contributed by atoms with Gasteiger partial charge in [0.25, 0.3) is 0 Å². The Morgan fingerprint density at radius 3 is 3.05 bits per heavy atom. The van der Waals surface area contributed by atoms with Gasteiger partial charge in [-0.15, -0.1) is 0 Å². The smallest absolute Gasteiger partial charge is 0.154 e. The Morgan fingerprint density at radius 1 is 1.48 bits per heavy atom. The molecule has 2 aromatic rings. The van der Waals surface area contributed by atoms with E-state index in [4.69, 9.17) is 0 Å². The molecule has 1 N–H and O–H groups in total. The summed E-state index contributed by atoms with van der Waals surface area (Å²) in [6.45, 7) is 7.67. The van der Waals surface area contributed by atoms with Crippen LogP contribution in [0.2, 0.25) is 0 Å². The van der Waals surface area contributed by atoms with E-state index in [2.05, 4.69) is 47.3 Å². The van der Waals surface area contributed by atoms with Gasteiger partial charge in [0, 0.05) is 26.0 Å². The molecular formula is C16H25N5. The van der Waals surface area contributed by atoms with Gasteiger partial charge in [-0.25, -0.2) is 9.50 Å². The standard InChI is InChI=1S/C16H25N5/c1-12(2)14-9-15-16(18-7-8-21(15)19-14)20(3)11-13-5-4-6-17-10-13/h7-9,12-13,17H,4-6,10-11H2,1-3H3. The molecule has 114 valence electrons. The Kier molecular flexibility index (Phi) is 4.10. The van der Waals surface area contributed by atoms with Crippen molar-refractivity contribution in [3.8, 4) is 0 Å². The number of nitrogens with zero attached hydrogens (tertiary/aromatic N) is 4. The summed E-state index contributed by atoms with van der Waals surface area (Å²) in [7, 11) is 2.14. The average molecular weight is 287 g/mol. The molecule has 3 heterocycles. The van der Waals surface area contributed by atoms with Crippen molar-refractivity contribution in [1.82, 2.24) is 19.9 Å². The predicted molar refractivity (Wildman–Crippen MR) is 85.9 cm³/mol. The van der Waals surface area contributed by atoms with Crippen molar-refractivity contribution in [3.05, 3.63) is 24.2 Å². The molecule has 1 aliphatic rings. The average Bonchev–Trinajstić information content (AvgIpc) is 2.92. The minimum absolute atomic E-state index is 0.436. The van der Waals surface area contributed by atoms with Crippen LogP contribution in [0.4, 0.5) is 5.82 Å². The monoisotopic (exact) mass is 287 g/mol. The van der Waals surface area contributed by atoms with E-state index in [1.54, 1.807) is 0 Å². The molecule has 0 bridgehead atoms. The fourth-order valence-electron chi connectivity index (χ4n) is 3.06. The van der Waals surface area contributed by atoms with Crippen LogP contribution >= 0.6 is 0 Å². The molecule has 1 saturated heterocycles. The molecule has 1 atom stereocenters. The summed E-state index contributed by atoms with van der Waals surface area (Å²) >= 11 is 0. The number of anilines is 1. The zero-order valence-electron chi connectivity index (χ0n) is 13.2. The lowest BCUT2D eigenvalue weighted by molar-refractivity contribution is 0.380. The number of hydrogen-bond acceptors (Lipinski definition) is 4. The van der Waals surface area contributed by atoms with Crippen molar-refractivity contribution in [2.24, 2.45) is 5.92 Å². The fourth-order valence-corrected chi connectivity index (χ4v) is 3.06. The zero-order valence-corrected chi connectivity index (χ0v) is 13.2. The molecule has 1 fully saturated rings. The molecule has 5 nitrogen and oxygen atoms in total. The van der Waals surface area contributed by atoms with Crippen LogP contribution in [0.15, 0.2) is 18.5 Å². The molecule has 5 heteroatoms. The van der Waals surface area contributed by atoms with Crippen molar-refractivity contribution >= 4 is 11.3 Å². The molecule has 1 aliphatic heterocycles. The second kappa shape index (κ2) is 6.02. The molecule has 2 aromatic heterocycles. The van der Waals surface area contributed by atoms with Gasteiger partial charge in [-0.2, -0.15) is 5.10 Å². The molecule has 1 unspecified atom stereocenters. The molecule has 0 saturated carbocycles. The molecule has 0 spiro atoms. The van der Waals surface area contributed by atoms with Gasteiger partial charge >= 0.3 is 0 Å². The molecule has 0 aromatic carbocycles. The number of piperidine rings is 1. The summed E-state index contributed by atoms with van der Waals surface area (Å²) in [5.74, 6) is 2.17. The van der Waals surface area contributed by atoms with Gasteiger partial charge in [0.2, 0.25) is 0 Å². The third-order valence-electron chi connectivity index (χ3n) is 4.27. The van der Waals surface area contributed by atoms with Crippen LogP contribution in [0, 0.1) is 5.92 Å². The normalized spacial score (nSPS) is 19.3. The molecular weight excluding hydrogens is 262 g/mol. The van der Waals surface area contributed by atoms with E-state index in [1.807, 2.05) is 16.9 Å². The molecule has 21 heavy (non-hydrogen) atoms. The Balaban J connectivity index is 1.84. The van der Waals surface area contributed by atoms with Crippen LogP contribution in [0.1, 0.15) is 38.3 Å². The summed E-state index contributed by atoms with van der Waals surface area (Å²) < 4.78 is 1.95. The summed E-state index contributed by atoms with van der Waals surface area (Å²) in [4.78, 5) is 6.87. The maximum absolute atomic E-state index is 4.64. The number of rotatable bonds is 4. The first-order valence-electron chi connectivity index (χ1n) is 7.91. The lowest BCUT2D eigenvalue weighted by Crippen LogP contribution is -2.37. The Bertz CT molecular complexity index is 598. The van der Waals surface area contributed by atoms with E-state index < -0.39 is 0 Å². The van der Waals surface area contributed by atoms with Gasteiger partial charge in [0.05, 0.1) is 5.69 Å². The minimum atomic E-state index is 0.436. The first-order valence-corrected chi connectivity index (χ1v) is 7.91. The van der Waals surface area contributed by atoms with Crippen LogP contribution in [-0.4, -0.2) is 41.3 Å². The highest BCUT2D eigenvalue weighted by molar-refractivity contribution is 5.69. The van der Waals surface area contributed by atoms with Gasteiger partial charge in [0.1, 0.15) is 5.52 Å². The maximum Gasteiger partial charge on any atom is 0.154 e. The van der Waals surface area contributed by atoms with Gasteiger partial charge in [0.15, 0.2) is 5.82 Å². The topological polar surface area (TPSA) is 45.5 Å². The van der Waals surface area contributed by atoms with E-state index in [0.29, 0.717) is 11.8 Å². The molecule has 3 rings (SSSR count). The SMILES string of the molecule is CC(C)c1cc2c(N(C)CC3CCCNC3)nccn2n1. The predicted octanol–water partition coefficient (Wildman–Crippen LogP) is 2.29. The van der Waals surface area contributed by atoms with E-state index in [9.17, 15) is 0 Å². The molecule has 0 amide bonds. The summed E-state index contributed by atoms with van der Waals surface area (Å²) in [5.41, 5.74) is 2.23. The fraction of sp³-hybridized carbons (Fsp3) is 0.625. The number of aromatic nitrogens is 3. The maximum atomic E-state index is 4.64. The first kappa shape index (κ1) is 14.3. The minimum Gasteiger partial charge on any atom is -0.358 e. The lowest BCUT2D eigenvalue weighted by atomic mass is 9.99. The first-order chi connectivity index (χ1) is 10.1. The number of hydrogen-bond donors (Lipinski definition) is 1. The Labute approximate surface area is 126 Å². The van der Waals surface area contributed by atoms with E-state index >= 15 is 0 Å². The number of nitrogens with one attached hydrogen (secondary N) is 1. The molecule has 0 radical (unpaired) electrons. The second-order valence-corrected chi connectivity index (χ2v) is 6.40. The highest BCUT2D eigenvalue weighted by Crippen LogP contribution is 2.23. The van der Waals surface area contributed by atoms with Gasteiger partial charge < -0.3 is 10.2 Å². The zero-order chi connectivity index (χ0) is 14.8. The lowest BCUT2D eigenvalue weighted by Gasteiger charge is -2.28. The summed E-state index contributed by atoms with van der Waals surface area (Å²) in [5, 5.41) is 8.12. The van der Waals surface area contributed by atoms with Crippen LogP contribution in [0.3, 0.4) is 0 Å². The Morgan fingerprint density at radius 2 is 2.33 bits per heavy atom. The van der Waals surface area contributed by atoms with Crippen LogP contribution in [0.25, 0.3) is 5.52 Å². The summed E-state index contributed by atoms with van der Waals surface area (Å²) in [6, 6.07) is 2.17. The highest BCUT2D eigenvalue weighted by atomic mass is 15.3. The van der Waals surface area contributed by atoms with Crippen molar-refractivity contribution in [1.29, 1.82) is 0 Å². The second-order valence-electron chi connectivity index (χ2n) is 6.40. The Hall–Kier alpha value is -1.62. The van der Waals surface area contributed by atoms with Gasteiger partial charge in [-0.3, -0.25) is 0 Å². The van der Waals surface area contributed by atoms with Crippen LogP contribution in [-0.2, 0) is 0 Å². The van der Waals surface area contributed by atoms with Gasteiger partial charge in [-0.05, 0) is 43.8 Å². The van der Waals surface area contributed by atoms with E-state index in [-0.39, 0.29) is 0 Å². The van der Waals surface area contributed by atoms with E-state index in [0.717, 1.165) is 36.7 Å². The largest absolute Gasteiger partial charge is 0.358 e. The third kappa shape index (κ3) is 3.02. The van der Waals surface area contributed by atoms with Crippen molar-refractivity contribution in [2.45, 2.75) is 32.6 Å². The number of fused-ring (bicyclic) bond motifs is 1.